The van der Waals surface area contributed by atoms with Crippen LogP contribution in [0.25, 0.3) is 0 Å². The second kappa shape index (κ2) is 8.15. The fraction of sp³-hybridized carbons (Fsp3) is 0.588. The van der Waals surface area contributed by atoms with Gasteiger partial charge in [-0.05, 0) is 37.5 Å². The van der Waals surface area contributed by atoms with Gasteiger partial charge in [0.25, 0.3) is 5.91 Å². The molecule has 0 radical (unpaired) electrons. The minimum absolute atomic E-state index is 0.0836. The molecular weight excluding hydrogens is 264 g/mol. The van der Waals surface area contributed by atoms with Crippen molar-refractivity contribution in [1.29, 1.82) is 0 Å². The predicted octanol–water partition coefficient (Wildman–Crippen LogP) is 3.21. The van der Waals surface area contributed by atoms with Gasteiger partial charge in [0, 0.05) is 12.2 Å². The summed E-state index contributed by atoms with van der Waals surface area (Å²) in [4.78, 5) is 12.2. The van der Waals surface area contributed by atoms with Gasteiger partial charge in [-0.25, -0.2) is 0 Å². The zero-order valence-electron chi connectivity index (χ0n) is 12.8. The lowest BCUT2D eigenvalue weighted by molar-refractivity contribution is -0.130. The lowest BCUT2D eigenvalue weighted by Crippen LogP contribution is -2.31. The Morgan fingerprint density at radius 2 is 1.86 bits per heavy atom. The fourth-order valence-electron chi connectivity index (χ4n) is 2.70. The van der Waals surface area contributed by atoms with Gasteiger partial charge in [0.05, 0.1) is 6.10 Å². The standard InChI is InChI=1S/C17H26N2O2/c1-13(21-16-6-4-2-3-5-7-16)17(20)19-15-10-8-14(12-18)9-11-15/h8-11,13,16H,2-7,12,18H2,1H3,(H,19,20). The molecule has 0 bridgehead atoms. The molecule has 0 aliphatic heterocycles. The van der Waals surface area contributed by atoms with E-state index in [1.165, 1.54) is 25.7 Å². The van der Waals surface area contributed by atoms with Crippen LogP contribution in [0.1, 0.15) is 51.0 Å². The number of nitrogens with one attached hydrogen (secondary N) is 1. The van der Waals surface area contributed by atoms with Gasteiger partial charge in [0.1, 0.15) is 6.10 Å². The molecule has 1 fully saturated rings. The number of rotatable bonds is 5. The van der Waals surface area contributed by atoms with Crippen molar-refractivity contribution in [2.45, 2.75) is 64.2 Å². The molecule has 0 saturated heterocycles. The minimum Gasteiger partial charge on any atom is -0.365 e. The highest BCUT2D eigenvalue weighted by atomic mass is 16.5. The van der Waals surface area contributed by atoms with Gasteiger partial charge >= 0.3 is 0 Å². The summed E-state index contributed by atoms with van der Waals surface area (Å²) in [6.07, 6.45) is 6.95. The number of hydrogen-bond acceptors (Lipinski definition) is 3. The Morgan fingerprint density at radius 3 is 2.43 bits per heavy atom. The highest BCUT2D eigenvalue weighted by molar-refractivity contribution is 5.93. The second-order valence-corrected chi connectivity index (χ2v) is 5.78. The maximum Gasteiger partial charge on any atom is 0.253 e. The van der Waals surface area contributed by atoms with E-state index in [1.807, 2.05) is 31.2 Å². The second-order valence-electron chi connectivity index (χ2n) is 5.78. The summed E-state index contributed by atoms with van der Waals surface area (Å²) in [6.45, 7) is 2.34. The normalized spacial score (nSPS) is 18.0. The number of benzene rings is 1. The summed E-state index contributed by atoms with van der Waals surface area (Å²) in [6, 6.07) is 7.59. The van der Waals surface area contributed by atoms with Gasteiger partial charge in [-0.2, -0.15) is 0 Å². The Labute approximate surface area is 127 Å². The number of amides is 1. The first kappa shape index (κ1) is 16.0. The van der Waals surface area contributed by atoms with Crippen molar-refractivity contribution in [2.75, 3.05) is 5.32 Å². The van der Waals surface area contributed by atoms with Crippen LogP contribution in [0.4, 0.5) is 5.69 Å². The summed E-state index contributed by atoms with van der Waals surface area (Å²) in [7, 11) is 0. The molecule has 4 heteroatoms. The van der Waals surface area contributed by atoms with E-state index in [2.05, 4.69) is 5.32 Å². The maximum absolute atomic E-state index is 12.2. The Balaban J connectivity index is 1.83. The van der Waals surface area contributed by atoms with Crippen LogP contribution in [0.5, 0.6) is 0 Å². The summed E-state index contributed by atoms with van der Waals surface area (Å²) in [5.74, 6) is -0.0836. The van der Waals surface area contributed by atoms with E-state index in [1.54, 1.807) is 0 Å². The van der Waals surface area contributed by atoms with Gasteiger partial charge in [-0.1, -0.05) is 37.8 Å². The molecule has 1 saturated carbocycles. The average Bonchev–Trinajstić information content (AvgIpc) is 2.76. The van der Waals surface area contributed by atoms with Crippen molar-refractivity contribution in [3.05, 3.63) is 29.8 Å². The molecule has 0 aromatic heterocycles. The predicted molar refractivity (Wildman–Crippen MR) is 85.0 cm³/mol. The van der Waals surface area contributed by atoms with Crippen molar-refractivity contribution in [3.8, 4) is 0 Å². The molecule has 0 heterocycles. The largest absolute Gasteiger partial charge is 0.365 e. The van der Waals surface area contributed by atoms with Crippen molar-refractivity contribution >= 4 is 11.6 Å². The first-order chi connectivity index (χ1) is 10.2. The summed E-state index contributed by atoms with van der Waals surface area (Å²) >= 11 is 0. The molecule has 1 amide bonds. The van der Waals surface area contributed by atoms with E-state index in [4.69, 9.17) is 10.5 Å². The first-order valence-electron chi connectivity index (χ1n) is 7.94. The molecule has 1 aromatic rings. The molecule has 116 valence electrons. The van der Waals surface area contributed by atoms with Crippen molar-refractivity contribution < 1.29 is 9.53 Å². The third kappa shape index (κ3) is 5.14. The topological polar surface area (TPSA) is 64.3 Å². The lowest BCUT2D eigenvalue weighted by atomic mass is 10.1. The van der Waals surface area contributed by atoms with Gasteiger partial charge in [-0.3, -0.25) is 4.79 Å². The van der Waals surface area contributed by atoms with E-state index in [-0.39, 0.29) is 12.0 Å². The smallest absolute Gasteiger partial charge is 0.253 e. The van der Waals surface area contributed by atoms with E-state index in [9.17, 15) is 4.79 Å². The minimum atomic E-state index is -0.415. The average molecular weight is 290 g/mol. The van der Waals surface area contributed by atoms with Crippen LogP contribution in [0, 0.1) is 0 Å². The molecule has 1 aliphatic rings. The van der Waals surface area contributed by atoms with E-state index < -0.39 is 6.10 Å². The number of carbonyl (C=O) groups is 1. The van der Waals surface area contributed by atoms with Gasteiger partial charge in [0.2, 0.25) is 0 Å². The third-order valence-electron chi connectivity index (χ3n) is 4.03. The Morgan fingerprint density at radius 1 is 1.24 bits per heavy atom. The summed E-state index contributed by atoms with van der Waals surface area (Å²) < 4.78 is 5.92. The zero-order chi connectivity index (χ0) is 15.1. The van der Waals surface area contributed by atoms with Gasteiger partial charge in [-0.15, -0.1) is 0 Å². The first-order valence-corrected chi connectivity index (χ1v) is 7.94. The van der Waals surface area contributed by atoms with Crippen LogP contribution in [-0.2, 0) is 16.1 Å². The SMILES string of the molecule is CC(OC1CCCCCC1)C(=O)Nc1ccc(CN)cc1. The van der Waals surface area contributed by atoms with Gasteiger partial charge in [0.15, 0.2) is 0 Å². The van der Waals surface area contributed by atoms with Crippen LogP contribution in [0.2, 0.25) is 0 Å². The van der Waals surface area contributed by atoms with Crippen molar-refractivity contribution in [1.82, 2.24) is 0 Å². The van der Waals surface area contributed by atoms with E-state index in [0.29, 0.717) is 6.54 Å². The molecule has 4 nitrogen and oxygen atoms in total. The van der Waals surface area contributed by atoms with E-state index in [0.717, 1.165) is 24.1 Å². The Kier molecular flexibility index (Phi) is 6.21. The van der Waals surface area contributed by atoms with Crippen LogP contribution in [0.3, 0.4) is 0 Å². The molecule has 21 heavy (non-hydrogen) atoms. The van der Waals surface area contributed by atoms with Crippen LogP contribution >= 0.6 is 0 Å². The molecule has 1 aromatic carbocycles. The molecule has 1 atom stereocenters. The quantitative estimate of drug-likeness (QED) is 0.818. The maximum atomic E-state index is 12.2. The molecule has 1 unspecified atom stereocenters. The Bertz CT molecular complexity index is 437. The number of hydrogen-bond donors (Lipinski definition) is 2. The Hall–Kier alpha value is -1.39. The van der Waals surface area contributed by atoms with Crippen LogP contribution < -0.4 is 11.1 Å². The zero-order valence-corrected chi connectivity index (χ0v) is 12.8. The van der Waals surface area contributed by atoms with Crippen LogP contribution in [0.15, 0.2) is 24.3 Å². The monoisotopic (exact) mass is 290 g/mol. The number of ether oxygens (including phenoxy) is 1. The summed E-state index contributed by atoms with van der Waals surface area (Å²) in [5.41, 5.74) is 7.40. The molecule has 3 N–H and O–H groups in total. The van der Waals surface area contributed by atoms with Gasteiger partial charge < -0.3 is 15.8 Å². The molecular formula is C17H26N2O2. The molecule has 0 spiro atoms. The lowest BCUT2D eigenvalue weighted by Gasteiger charge is -2.20. The van der Waals surface area contributed by atoms with Crippen molar-refractivity contribution in [3.63, 3.8) is 0 Å². The number of carbonyl (C=O) groups excluding carboxylic acids is 1. The highest BCUT2D eigenvalue weighted by Crippen LogP contribution is 2.21. The molecule has 2 rings (SSSR count). The van der Waals surface area contributed by atoms with Crippen LogP contribution in [-0.4, -0.2) is 18.1 Å². The molecule has 1 aliphatic carbocycles. The number of nitrogens with two attached hydrogens (primary N) is 1. The number of anilines is 1. The highest BCUT2D eigenvalue weighted by Gasteiger charge is 2.20. The third-order valence-corrected chi connectivity index (χ3v) is 4.03. The van der Waals surface area contributed by atoms with Crippen molar-refractivity contribution in [2.24, 2.45) is 5.73 Å². The summed E-state index contributed by atoms with van der Waals surface area (Å²) in [5, 5.41) is 2.89. The van der Waals surface area contributed by atoms with E-state index >= 15 is 0 Å². The fourth-order valence-corrected chi connectivity index (χ4v) is 2.70.